The average Bonchev–Trinajstić information content (AvgIpc) is 2.27. The molecule has 0 saturated heterocycles. The molecule has 1 aromatic rings. The first-order valence-corrected chi connectivity index (χ1v) is 5.64. The average molecular weight is 289 g/mol. The Labute approximate surface area is 114 Å². The topological polar surface area (TPSA) is 52.6 Å². The van der Waals surface area contributed by atoms with Crippen LogP contribution in [0.3, 0.4) is 0 Å². The van der Waals surface area contributed by atoms with Crippen LogP contribution in [-0.4, -0.2) is 18.5 Å². The fraction of sp³-hybridized carbons (Fsp3) is 0.167. The monoisotopic (exact) mass is 288 g/mol. The molecule has 0 amide bonds. The minimum absolute atomic E-state index is 0.132. The van der Waals surface area contributed by atoms with Crippen molar-refractivity contribution in [3.8, 4) is 5.75 Å². The van der Waals surface area contributed by atoms with Crippen molar-refractivity contribution in [1.82, 2.24) is 0 Å². The summed E-state index contributed by atoms with van der Waals surface area (Å²) in [4.78, 5) is 22.3. The zero-order valence-electron chi connectivity index (χ0n) is 9.54. The molecule has 0 aliphatic carbocycles. The Kier molecular flexibility index (Phi) is 5.19. The van der Waals surface area contributed by atoms with Crippen molar-refractivity contribution >= 4 is 35.1 Å². The normalized spacial score (nSPS) is 9.72. The SMILES string of the molecule is C=C(C)C(=O)OC(=O)COc1ccc(Cl)cc1Cl. The van der Waals surface area contributed by atoms with Gasteiger partial charge in [-0.3, -0.25) is 0 Å². The van der Waals surface area contributed by atoms with E-state index in [1.54, 1.807) is 6.07 Å². The molecule has 18 heavy (non-hydrogen) atoms. The van der Waals surface area contributed by atoms with E-state index in [1.807, 2.05) is 0 Å². The van der Waals surface area contributed by atoms with Crippen LogP contribution in [0.1, 0.15) is 6.92 Å². The van der Waals surface area contributed by atoms with Crippen LogP contribution in [0, 0.1) is 0 Å². The van der Waals surface area contributed by atoms with Gasteiger partial charge in [-0.05, 0) is 25.1 Å². The summed E-state index contributed by atoms with van der Waals surface area (Å²) in [5, 5.41) is 0.717. The molecule has 0 N–H and O–H groups in total. The molecule has 0 spiro atoms. The van der Waals surface area contributed by atoms with Crippen molar-refractivity contribution < 1.29 is 19.1 Å². The van der Waals surface area contributed by atoms with E-state index in [4.69, 9.17) is 27.9 Å². The van der Waals surface area contributed by atoms with Gasteiger partial charge >= 0.3 is 11.9 Å². The number of ether oxygens (including phenoxy) is 2. The van der Waals surface area contributed by atoms with Crippen molar-refractivity contribution in [3.63, 3.8) is 0 Å². The smallest absolute Gasteiger partial charge is 0.352 e. The Morgan fingerprint density at radius 3 is 2.56 bits per heavy atom. The lowest BCUT2D eigenvalue weighted by Crippen LogP contribution is -2.19. The van der Waals surface area contributed by atoms with E-state index in [2.05, 4.69) is 11.3 Å². The molecule has 0 radical (unpaired) electrons. The summed E-state index contributed by atoms with van der Waals surface area (Å²) in [6.45, 7) is 4.35. The minimum Gasteiger partial charge on any atom is -0.480 e. The Hall–Kier alpha value is -1.52. The fourth-order valence-corrected chi connectivity index (χ4v) is 1.41. The predicted molar refractivity (Wildman–Crippen MR) is 67.9 cm³/mol. The summed E-state index contributed by atoms with van der Waals surface area (Å²) in [7, 11) is 0. The number of esters is 2. The van der Waals surface area contributed by atoms with Gasteiger partial charge in [-0.25, -0.2) is 9.59 Å². The zero-order chi connectivity index (χ0) is 13.7. The second-order valence-corrected chi connectivity index (χ2v) is 4.25. The lowest BCUT2D eigenvalue weighted by atomic mass is 10.3. The summed E-state index contributed by atoms with van der Waals surface area (Å²) >= 11 is 11.5. The van der Waals surface area contributed by atoms with Crippen LogP contribution in [-0.2, 0) is 14.3 Å². The second kappa shape index (κ2) is 6.42. The molecule has 0 unspecified atom stereocenters. The van der Waals surface area contributed by atoms with E-state index in [0.29, 0.717) is 5.02 Å². The summed E-state index contributed by atoms with van der Waals surface area (Å²) in [5.41, 5.74) is 0.132. The van der Waals surface area contributed by atoms with Gasteiger partial charge in [-0.2, -0.15) is 0 Å². The number of carbonyl (C=O) groups is 2. The number of carbonyl (C=O) groups excluding carboxylic acids is 2. The number of halogens is 2. The van der Waals surface area contributed by atoms with Crippen LogP contribution in [0.15, 0.2) is 30.4 Å². The number of rotatable bonds is 4. The first-order valence-electron chi connectivity index (χ1n) is 4.88. The van der Waals surface area contributed by atoms with Crippen molar-refractivity contribution in [2.75, 3.05) is 6.61 Å². The summed E-state index contributed by atoms with van der Waals surface area (Å²) in [6, 6.07) is 4.55. The molecule has 96 valence electrons. The van der Waals surface area contributed by atoms with Crippen molar-refractivity contribution in [1.29, 1.82) is 0 Å². The highest BCUT2D eigenvalue weighted by atomic mass is 35.5. The molecule has 0 aliphatic rings. The third-order valence-electron chi connectivity index (χ3n) is 1.79. The van der Waals surface area contributed by atoms with E-state index in [0.717, 1.165) is 0 Å². The number of benzene rings is 1. The van der Waals surface area contributed by atoms with E-state index < -0.39 is 18.5 Å². The summed E-state index contributed by atoms with van der Waals surface area (Å²) in [5.74, 6) is -1.33. The minimum atomic E-state index is -0.825. The van der Waals surface area contributed by atoms with E-state index in [-0.39, 0.29) is 16.3 Å². The largest absolute Gasteiger partial charge is 0.480 e. The van der Waals surface area contributed by atoms with Crippen molar-refractivity contribution in [3.05, 3.63) is 40.4 Å². The molecule has 0 aromatic heterocycles. The molecule has 1 aromatic carbocycles. The Bertz CT molecular complexity index is 497. The Morgan fingerprint density at radius 1 is 1.33 bits per heavy atom. The van der Waals surface area contributed by atoms with Gasteiger partial charge < -0.3 is 9.47 Å². The quantitative estimate of drug-likeness (QED) is 0.485. The van der Waals surface area contributed by atoms with Crippen molar-refractivity contribution in [2.45, 2.75) is 6.92 Å². The van der Waals surface area contributed by atoms with Gasteiger partial charge in [0.05, 0.1) is 5.02 Å². The summed E-state index contributed by atoms with van der Waals surface area (Å²) in [6.07, 6.45) is 0. The summed E-state index contributed by atoms with van der Waals surface area (Å²) < 4.78 is 9.51. The first kappa shape index (κ1) is 14.5. The van der Waals surface area contributed by atoms with Crippen LogP contribution < -0.4 is 4.74 Å². The van der Waals surface area contributed by atoms with Gasteiger partial charge in [0.25, 0.3) is 0 Å². The van der Waals surface area contributed by atoms with Gasteiger partial charge in [0, 0.05) is 10.6 Å². The Morgan fingerprint density at radius 2 is 2.00 bits per heavy atom. The van der Waals surface area contributed by atoms with Gasteiger partial charge in [0.2, 0.25) is 0 Å². The Balaban J connectivity index is 2.52. The lowest BCUT2D eigenvalue weighted by molar-refractivity contribution is -0.158. The lowest BCUT2D eigenvalue weighted by Gasteiger charge is -2.07. The molecule has 6 heteroatoms. The molecular formula is C12H10Cl2O4. The maximum atomic E-state index is 11.2. The molecule has 0 fully saturated rings. The van der Waals surface area contributed by atoms with E-state index in [1.165, 1.54) is 19.1 Å². The fourth-order valence-electron chi connectivity index (χ4n) is 0.949. The first-order chi connectivity index (χ1) is 8.40. The van der Waals surface area contributed by atoms with Gasteiger partial charge in [0.15, 0.2) is 6.61 Å². The van der Waals surface area contributed by atoms with Crippen LogP contribution in [0.4, 0.5) is 0 Å². The molecular weight excluding hydrogens is 279 g/mol. The number of hydrogen-bond acceptors (Lipinski definition) is 4. The zero-order valence-corrected chi connectivity index (χ0v) is 11.0. The van der Waals surface area contributed by atoms with Crippen LogP contribution in [0.2, 0.25) is 10.0 Å². The van der Waals surface area contributed by atoms with Gasteiger partial charge in [-0.1, -0.05) is 29.8 Å². The molecule has 0 heterocycles. The highest BCUT2D eigenvalue weighted by molar-refractivity contribution is 6.35. The van der Waals surface area contributed by atoms with Crippen LogP contribution in [0.25, 0.3) is 0 Å². The van der Waals surface area contributed by atoms with Crippen molar-refractivity contribution in [2.24, 2.45) is 0 Å². The molecule has 0 saturated carbocycles. The maximum absolute atomic E-state index is 11.2. The standard InChI is InChI=1S/C12H10Cl2O4/c1-7(2)12(16)18-11(15)6-17-10-4-3-8(13)5-9(10)14/h3-5H,1,6H2,2H3. The maximum Gasteiger partial charge on any atom is 0.352 e. The van der Waals surface area contributed by atoms with Gasteiger partial charge in [0.1, 0.15) is 5.75 Å². The third-order valence-corrected chi connectivity index (χ3v) is 2.32. The second-order valence-electron chi connectivity index (χ2n) is 3.41. The van der Waals surface area contributed by atoms with Crippen LogP contribution >= 0.6 is 23.2 Å². The highest BCUT2D eigenvalue weighted by Gasteiger charge is 2.12. The van der Waals surface area contributed by atoms with E-state index >= 15 is 0 Å². The van der Waals surface area contributed by atoms with E-state index in [9.17, 15) is 9.59 Å². The molecule has 0 atom stereocenters. The molecule has 0 bridgehead atoms. The predicted octanol–water partition coefficient (Wildman–Crippen LogP) is 3.02. The number of hydrogen-bond donors (Lipinski definition) is 0. The third kappa shape index (κ3) is 4.39. The molecule has 1 rings (SSSR count). The van der Waals surface area contributed by atoms with Gasteiger partial charge in [-0.15, -0.1) is 0 Å². The highest BCUT2D eigenvalue weighted by Crippen LogP contribution is 2.27. The molecule has 4 nitrogen and oxygen atoms in total. The molecule has 0 aliphatic heterocycles. The van der Waals surface area contributed by atoms with Crippen LogP contribution in [0.5, 0.6) is 5.75 Å².